The van der Waals surface area contributed by atoms with Crippen molar-refractivity contribution in [1.29, 1.82) is 0 Å². The van der Waals surface area contributed by atoms with Crippen LogP contribution in [-0.4, -0.2) is 42.4 Å². The van der Waals surface area contributed by atoms with E-state index in [4.69, 9.17) is 0 Å². The van der Waals surface area contributed by atoms with Crippen LogP contribution >= 0.6 is 0 Å². The number of rotatable bonds is 4. The van der Waals surface area contributed by atoms with Crippen LogP contribution in [0.3, 0.4) is 0 Å². The molecule has 0 bridgehead atoms. The largest absolute Gasteiger partial charge is 0.384 e. The second kappa shape index (κ2) is 6.38. The standard InChI is InChI=1S/C17H25N3O2/c1-17(2,3)19-15(21)11-20(4)16(22)10-12-5-6-13-7-8-18-14(13)9-12/h5-6,9,18H,7-8,10-11H2,1-4H3,(H,19,21). The van der Waals surface area contributed by atoms with Gasteiger partial charge in [-0.3, -0.25) is 9.59 Å². The Morgan fingerprint density at radius 2 is 2.05 bits per heavy atom. The zero-order valence-corrected chi connectivity index (χ0v) is 13.8. The fourth-order valence-corrected chi connectivity index (χ4v) is 2.52. The van der Waals surface area contributed by atoms with E-state index in [0.717, 1.165) is 24.2 Å². The highest BCUT2D eigenvalue weighted by molar-refractivity contribution is 5.86. The van der Waals surface area contributed by atoms with E-state index >= 15 is 0 Å². The van der Waals surface area contributed by atoms with Crippen molar-refractivity contribution in [2.24, 2.45) is 0 Å². The molecule has 2 rings (SSSR count). The van der Waals surface area contributed by atoms with Crippen molar-refractivity contribution in [3.05, 3.63) is 29.3 Å². The highest BCUT2D eigenvalue weighted by atomic mass is 16.2. The number of likely N-dealkylation sites (N-methyl/N-ethyl adjacent to an activating group) is 1. The summed E-state index contributed by atoms with van der Waals surface area (Å²) < 4.78 is 0. The number of benzene rings is 1. The lowest BCUT2D eigenvalue weighted by molar-refractivity contribution is -0.134. The molecule has 1 heterocycles. The molecule has 22 heavy (non-hydrogen) atoms. The van der Waals surface area contributed by atoms with E-state index in [2.05, 4.69) is 16.7 Å². The van der Waals surface area contributed by atoms with Crippen LogP contribution in [0.2, 0.25) is 0 Å². The second-order valence-electron chi connectivity index (χ2n) is 6.89. The monoisotopic (exact) mass is 303 g/mol. The van der Waals surface area contributed by atoms with Gasteiger partial charge >= 0.3 is 0 Å². The van der Waals surface area contributed by atoms with Gasteiger partial charge in [0.25, 0.3) is 0 Å². The smallest absolute Gasteiger partial charge is 0.240 e. The summed E-state index contributed by atoms with van der Waals surface area (Å²) in [5.74, 6) is -0.194. The lowest BCUT2D eigenvalue weighted by Gasteiger charge is -2.23. The topological polar surface area (TPSA) is 61.4 Å². The van der Waals surface area contributed by atoms with Gasteiger partial charge in [0.05, 0.1) is 13.0 Å². The summed E-state index contributed by atoms with van der Waals surface area (Å²) >= 11 is 0. The molecule has 1 aliphatic rings. The molecule has 0 unspecified atom stereocenters. The molecule has 0 radical (unpaired) electrons. The van der Waals surface area contributed by atoms with Crippen molar-refractivity contribution in [1.82, 2.24) is 10.2 Å². The molecule has 0 saturated heterocycles. The maximum Gasteiger partial charge on any atom is 0.240 e. The maximum atomic E-state index is 12.2. The van der Waals surface area contributed by atoms with E-state index in [9.17, 15) is 9.59 Å². The van der Waals surface area contributed by atoms with Crippen molar-refractivity contribution in [3.8, 4) is 0 Å². The molecule has 120 valence electrons. The van der Waals surface area contributed by atoms with E-state index in [-0.39, 0.29) is 23.9 Å². The minimum atomic E-state index is -0.285. The van der Waals surface area contributed by atoms with Crippen molar-refractivity contribution in [2.75, 3.05) is 25.5 Å². The average molecular weight is 303 g/mol. The van der Waals surface area contributed by atoms with Gasteiger partial charge in [0.15, 0.2) is 0 Å². The maximum absolute atomic E-state index is 12.2. The average Bonchev–Trinajstić information content (AvgIpc) is 2.83. The third-order valence-corrected chi connectivity index (χ3v) is 3.56. The Labute approximate surface area is 132 Å². The van der Waals surface area contributed by atoms with Crippen molar-refractivity contribution < 1.29 is 9.59 Å². The van der Waals surface area contributed by atoms with Crippen LogP contribution in [-0.2, 0) is 22.4 Å². The summed E-state index contributed by atoms with van der Waals surface area (Å²) in [4.78, 5) is 25.6. The van der Waals surface area contributed by atoms with E-state index in [1.54, 1.807) is 7.05 Å². The van der Waals surface area contributed by atoms with Gasteiger partial charge in [0.2, 0.25) is 11.8 Å². The Hall–Kier alpha value is -2.04. The van der Waals surface area contributed by atoms with E-state index in [0.29, 0.717) is 6.42 Å². The first-order valence-electron chi connectivity index (χ1n) is 7.65. The molecule has 1 aliphatic heterocycles. The van der Waals surface area contributed by atoms with Gasteiger partial charge in [-0.2, -0.15) is 0 Å². The fraction of sp³-hybridized carbons (Fsp3) is 0.529. The summed E-state index contributed by atoms with van der Waals surface area (Å²) in [5, 5.41) is 6.17. The molecule has 5 heteroatoms. The van der Waals surface area contributed by atoms with Crippen LogP contribution in [0.1, 0.15) is 31.9 Å². The minimum Gasteiger partial charge on any atom is -0.384 e. The normalized spacial score (nSPS) is 13.3. The lowest BCUT2D eigenvalue weighted by Crippen LogP contribution is -2.46. The molecule has 1 aromatic carbocycles. The molecule has 1 aromatic rings. The highest BCUT2D eigenvalue weighted by Crippen LogP contribution is 2.23. The first-order chi connectivity index (χ1) is 10.2. The number of nitrogens with zero attached hydrogens (tertiary/aromatic N) is 1. The van der Waals surface area contributed by atoms with Crippen LogP contribution in [0.15, 0.2) is 18.2 Å². The van der Waals surface area contributed by atoms with Crippen LogP contribution in [0.25, 0.3) is 0 Å². The van der Waals surface area contributed by atoms with Gasteiger partial charge < -0.3 is 15.5 Å². The third kappa shape index (κ3) is 4.48. The predicted octanol–water partition coefficient (Wildman–Crippen LogP) is 1.57. The SMILES string of the molecule is CN(CC(=O)NC(C)(C)C)C(=O)Cc1ccc2c(c1)NCC2. The lowest BCUT2D eigenvalue weighted by atomic mass is 10.1. The Balaban J connectivity index is 1.90. The van der Waals surface area contributed by atoms with Crippen molar-refractivity contribution >= 4 is 17.5 Å². The van der Waals surface area contributed by atoms with Gasteiger partial charge in [-0.05, 0) is 44.4 Å². The minimum absolute atomic E-state index is 0.0537. The molecule has 0 aliphatic carbocycles. The summed E-state index contributed by atoms with van der Waals surface area (Å²) in [7, 11) is 1.66. The fourth-order valence-electron chi connectivity index (χ4n) is 2.52. The van der Waals surface area contributed by atoms with E-state index in [1.165, 1.54) is 10.5 Å². The molecular formula is C17H25N3O2. The number of anilines is 1. The predicted molar refractivity (Wildman–Crippen MR) is 87.9 cm³/mol. The first-order valence-corrected chi connectivity index (χ1v) is 7.65. The number of carbonyl (C=O) groups is 2. The molecular weight excluding hydrogens is 278 g/mol. The van der Waals surface area contributed by atoms with E-state index in [1.807, 2.05) is 32.9 Å². The molecule has 0 spiro atoms. The first kappa shape index (κ1) is 16.3. The van der Waals surface area contributed by atoms with Crippen LogP contribution in [0.5, 0.6) is 0 Å². The summed E-state index contributed by atoms with van der Waals surface area (Å²) in [6.45, 7) is 6.80. The summed E-state index contributed by atoms with van der Waals surface area (Å²) in [6.07, 6.45) is 1.35. The number of hydrogen-bond acceptors (Lipinski definition) is 3. The molecule has 2 N–H and O–H groups in total. The Morgan fingerprint density at radius 1 is 1.32 bits per heavy atom. The van der Waals surface area contributed by atoms with Gasteiger partial charge in [-0.25, -0.2) is 0 Å². The zero-order valence-electron chi connectivity index (χ0n) is 13.8. The second-order valence-corrected chi connectivity index (χ2v) is 6.89. The van der Waals surface area contributed by atoms with Gasteiger partial charge in [-0.1, -0.05) is 12.1 Å². The number of hydrogen-bond donors (Lipinski definition) is 2. The van der Waals surface area contributed by atoms with Crippen LogP contribution in [0.4, 0.5) is 5.69 Å². The van der Waals surface area contributed by atoms with Gasteiger partial charge in [0.1, 0.15) is 0 Å². The number of carbonyl (C=O) groups excluding carboxylic acids is 2. The zero-order chi connectivity index (χ0) is 16.3. The molecule has 0 saturated carbocycles. The van der Waals surface area contributed by atoms with E-state index < -0.39 is 0 Å². The third-order valence-electron chi connectivity index (χ3n) is 3.56. The van der Waals surface area contributed by atoms with Crippen LogP contribution < -0.4 is 10.6 Å². The van der Waals surface area contributed by atoms with Crippen molar-refractivity contribution in [3.63, 3.8) is 0 Å². The number of nitrogens with one attached hydrogen (secondary N) is 2. The quantitative estimate of drug-likeness (QED) is 0.887. The molecule has 0 fully saturated rings. The highest BCUT2D eigenvalue weighted by Gasteiger charge is 2.18. The van der Waals surface area contributed by atoms with Crippen molar-refractivity contribution in [2.45, 2.75) is 39.2 Å². The Bertz CT molecular complexity index is 576. The van der Waals surface area contributed by atoms with Gasteiger partial charge in [0, 0.05) is 24.8 Å². The molecule has 5 nitrogen and oxygen atoms in total. The summed E-state index contributed by atoms with van der Waals surface area (Å²) in [6, 6.07) is 6.10. The number of fused-ring (bicyclic) bond motifs is 1. The van der Waals surface area contributed by atoms with Crippen LogP contribution in [0, 0.1) is 0 Å². The Kier molecular flexibility index (Phi) is 4.74. The Morgan fingerprint density at radius 3 is 2.73 bits per heavy atom. The molecule has 2 amide bonds. The number of amides is 2. The van der Waals surface area contributed by atoms with Gasteiger partial charge in [-0.15, -0.1) is 0 Å². The molecule has 0 atom stereocenters. The summed E-state index contributed by atoms with van der Waals surface area (Å²) in [5.41, 5.74) is 3.11. The molecule has 0 aromatic heterocycles.